The first-order chi connectivity index (χ1) is 8.20. The summed E-state index contributed by atoms with van der Waals surface area (Å²) in [6.07, 6.45) is 1.11. The largest absolute Gasteiger partial charge is 0.388 e. The van der Waals surface area contributed by atoms with Crippen LogP contribution in [0.15, 0.2) is 29.6 Å². The van der Waals surface area contributed by atoms with Gasteiger partial charge in [0.05, 0.1) is 11.1 Å². The van der Waals surface area contributed by atoms with E-state index in [1.807, 2.05) is 30.5 Å². The lowest BCUT2D eigenvalue weighted by molar-refractivity contribution is 0.177. The van der Waals surface area contributed by atoms with Gasteiger partial charge < -0.3 is 5.11 Å². The lowest BCUT2D eigenvalue weighted by atomic mass is 9.99. The summed E-state index contributed by atoms with van der Waals surface area (Å²) in [5, 5.41) is 13.3. The molecule has 0 radical (unpaired) electrons. The number of aliphatic hydroxyl groups excluding tert-OH is 1. The second-order valence-corrected chi connectivity index (χ2v) is 5.10. The van der Waals surface area contributed by atoms with Crippen molar-refractivity contribution in [3.05, 3.63) is 51.5 Å². The number of aromatic nitrogens is 1. The van der Waals surface area contributed by atoms with Gasteiger partial charge in [0, 0.05) is 17.5 Å². The van der Waals surface area contributed by atoms with Gasteiger partial charge in [0.15, 0.2) is 0 Å². The molecular weight excluding hydrogens is 230 g/mol. The van der Waals surface area contributed by atoms with E-state index in [1.165, 1.54) is 5.56 Å². The fourth-order valence-corrected chi connectivity index (χ4v) is 2.76. The van der Waals surface area contributed by atoms with E-state index in [-0.39, 0.29) is 0 Å². The maximum absolute atomic E-state index is 10.3. The third kappa shape index (κ3) is 2.93. The Kier molecular flexibility index (Phi) is 3.92. The SMILES string of the molecule is CCc1ccccc1C(O)Cc1nc(C)cs1. The monoisotopic (exact) mass is 247 g/mol. The second kappa shape index (κ2) is 5.43. The fourth-order valence-electron chi connectivity index (χ4n) is 1.95. The Morgan fingerprint density at radius 1 is 1.35 bits per heavy atom. The predicted octanol–water partition coefficient (Wildman–Crippen LogP) is 3.29. The minimum absolute atomic E-state index is 0.448. The maximum atomic E-state index is 10.3. The van der Waals surface area contributed by atoms with Gasteiger partial charge in [-0.1, -0.05) is 31.2 Å². The number of rotatable bonds is 4. The molecule has 0 spiro atoms. The number of aliphatic hydroxyl groups is 1. The molecule has 0 aliphatic carbocycles. The van der Waals surface area contributed by atoms with Crippen LogP contribution in [0.5, 0.6) is 0 Å². The van der Waals surface area contributed by atoms with Gasteiger partial charge in [0.1, 0.15) is 0 Å². The van der Waals surface area contributed by atoms with Crippen LogP contribution in [0.2, 0.25) is 0 Å². The summed E-state index contributed by atoms with van der Waals surface area (Å²) in [4.78, 5) is 4.39. The molecule has 0 amide bonds. The summed E-state index contributed by atoms with van der Waals surface area (Å²) in [7, 11) is 0. The summed E-state index contributed by atoms with van der Waals surface area (Å²) in [5.74, 6) is 0. The van der Waals surface area contributed by atoms with Crippen molar-refractivity contribution in [1.82, 2.24) is 4.98 Å². The Morgan fingerprint density at radius 2 is 2.12 bits per heavy atom. The normalized spacial score (nSPS) is 12.6. The van der Waals surface area contributed by atoms with Crippen LogP contribution in [0.25, 0.3) is 0 Å². The molecule has 0 fully saturated rings. The van der Waals surface area contributed by atoms with Crippen LogP contribution in [0.3, 0.4) is 0 Å². The van der Waals surface area contributed by atoms with E-state index < -0.39 is 6.10 Å². The summed E-state index contributed by atoms with van der Waals surface area (Å²) < 4.78 is 0. The number of benzene rings is 1. The van der Waals surface area contributed by atoms with E-state index in [0.717, 1.165) is 22.7 Å². The molecule has 1 atom stereocenters. The maximum Gasteiger partial charge on any atom is 0.0957 e. The molecule has 1 N–H and O–H groups in total. The van der Waals surface area contributed by atoms with Crippen LogP contribution in [0.1, 0.15) is 34.9 Å². The molecule has 90 valence electrons. The van der Waals surface area contributed by atoms with Gasteiger partial charge in [0.25, 0.3) is 0 Å². The highest BCUT2D eigenvalue weighted by Gasteiger charge is 2.13. The van der Waals surface area contributed by atoms with Gasteiger partial charge in [-0.15, -0.1) is 11.3 Å². The van der Waals surface area contributed by atoms with Crippen LogP contribution in [0, 0.1) is 6.92 Å². The minimum atomic E-state index is -0.448. The third-order valence-corrected chi connectivity index (χ3v) is 3.82. The molecule has 0 aliphatic heterocycles. The van der Waals surface area contributed by atoms with E-state index in [2.05, 4.69) is 18.0 Å². The van der Waals surface area contributed by atoms with Crippen LogP contribution in [-0.2, 0) is 12.8 Å². The first-order valence-corrected chi connectivity index (χ1v) is 6.75. The van der Waals surface area contributed by atoms with Crippen molar-refractivity contribution in [3.8, 4) is 0 Å². The quantitative estimate of drug-likeness (QED) is 0.899. The highest BCUT2D eigenvalue weighted by molar-refractivity contribution is 7.09. The van der Waals surface area contributed by atoms with Gasteiger partial charge >= 0.3 is 0 Å². The average Bonchev–Trinajstić information content (AvgIpc) is 2.74. The Hall–Kier alpha value is -1.19. The smallest absolute Gasteiger partial charge is 0.0957 e. The molecular formula is C14H17NOS. The van der Waals surface area contributed by atoms with Gasteiger partial charge in [-0.25, -0.2) is 4.98 Å². The first kappa shape index (κ1) is 12.3. The highest BCUT2D eigenvalue weighted by Crippen LogP contribution is 2.23. The third-order valence-electron chi connectivity index (χ3n) is 2.83. The molecule has 0 bridgehead atoms. The molecule has 1 aromatic heterocycles. The van der Waals surface area contributed by atoms with Crippen molar-refractivity contribution < 1.29 is 5.11 Å². The molecule has 0 aliphatic rings. The number of thiazole rings is 1. The molecule has 1 heterocycles. The summed E-state index contributed by atoms with van der Waals surface area (Å²) in [6, 6.07) is 8.07. The summed E-state index contributed by atoms with van der Waals surface area (Å²) >= 11 is 1.61. The number of hydrogen-bond acceptors (Lipinski definition) is 3. The lowest BCUT2D eigenvalue weighted by Crippen LogP contribution is -2.04. The lowest BCUT2D eigenvalue weighted by Gasteiger charge is -2.13. The highest BCUT2D eigenvalue weighted by atomic mass is 32.1. The van der Waals surface area contributed by atoms with Gasteiger partial charge in [-0.05, 0) is 24.5 Å². The minimum Gasteiger partial charge on any atom is -0.388 e. The van der Waals surface area contributed by atoms with Crippen molar-refractivity contribution in [3.63, 3.8) is 0 Å². The van der Waals surface area contributed by atoms with Crippen molar-refractivity contribution in [2.75, 3.05) is 0 Å². The summed E-state index contributed by atoms with van der Waals surface area (Å²) in [5.41, 5.74) is 3.28. The van der Waals surface area contributed by atoms with E-state index in [1.54, 1.807) is 11.3 Å². The Morgan fingerprint density at radius 3 is 2.76 bits per heavy atom. The molecule has 2 rings (SSSR count). The molecule has 17 heavy (non-hydrogen) atoms. The van der Waals surface area contributed by atoms with Crippen LogP contribution < -0.4 is 0 Å². The zero-order valence-corrected chi connectivity index (χ0v) is 11.0. The Labute approximate surface area is 106 Å². The Bertz CT molecular complexity index is 492. The van der Waals surface area contributed by atoms with E-state index >= 15 is 0 Å². The van der Waals surface area contributed by atoms with Crippen LogP contribution >= 0.6 is 11.3 Å². The molecule has 3 heteroatoms. The molecule has 2 aromatic rings. The first-order valence-electron chi connectivity index (χ1n) is 5.87. The zero-order valence-electron chi connectivity index (χ0n) is 10.2. The Balaban J connectivity index is 2.16. The molecule has 1 unspecified atom stereocenters. The fraction of sp³-hybridized carbons (Fsp3) is 0.357. The second-order valence-electron chi connectivity index (χ2n) is 4.15. The van der Waals surface area contributed by atoms with Gasteiger partial charge in [-0.2, -0.15) is 0 Å². The van der Waals surface area contributed by atoms with Crippen molar-refractivity contribution in [2.24, 2.45) is 0 Å². The summed E-state index contributed by atoms with van der Waals surface area (Å²) in [6.45, 7) is 4.09. The molecule has 0 saturated carbocycles. The van der Waals surface area contributed by atoms with Crippen molar-refractivity contribution in [2.45, 2.75) is 32.8 Å². The molecule has 0 saturated heterocycles. The van der Waals surface area contributed by atoms with E-state index in [0.29, 0.717) is 6.42 Å². The van der Waals surface area contributed by atoms with E-state index in [4.69, 9.17) is 0 Å². The predicted molar refractivity (Wildman–Crippen MR) is 71.3 cm³/mol. The average molecular weight is 247 g/mol. The van der Waals surface area contributed by atoms with Gasteiger partial charge in [0.2, 0.25) is 0 Å². The molecule has 1 aromatic carbocycles. The van der Waals surface area contributed by atoms with E-state index in [9.17, 15) is 5.11 Å². The molecule has 2 nitrogen and oxygen atoms in total. The van der Waals surface area contributed by atoms with Crippen LogP contribution in [-0.4, -0.2) is 10.1 Å². The van der Waals surface area contributed by atoms with Crippen LogP contribution in [0.4, 0.5) is 0 Å². The van der Waals surface area contributed by atoms with Crippen molar-refractivity contribution >= 4 is 11.3 Å². The van der Waals surface area contributed by atoms with Crippen molar-refractivity contribution in [1.29, 1.82) is 0 Å². The van der Waals surface area contributed by atoms with Gasteiger partial charge in [-0.3, -0.25) is 0 Å². The number of aryl methyl sites for hydroxylation is 2. The standard InChI is InChI=1S/C14H17NOS/c1-3-11-6-4-5-7-12(11)13(16)8-14-15-10(2)9-17-14/h4-7,9,13,16H,3,8H2,1-2H3. The topological polar surface area (TPSA) is 33.1 Å². The number of hydrogen-bond donors (Lipinski definition) is 1. The zero-order chi connectivity index (χ0) is 12.3. The number of nitrogens with zero attached hydrogens (tertiary/aromatic N) is 1.